The Labute approximate surface area is 135 Å². The smallest absolute Gasteiger partial charge is 0.268 e. The molecule has 0 heterocycles. The number of benzene rings is 2. The van der Waals surface area contributed by atoms with Crippen LogP contribution in [0, 0.1) is 15.9 Å². The van der Waals surface area contributed by atoms with Crippen LogP contribution >= 0.6 is 0 Å². The van der Waals surface area contributed by atoms with Gasteiger partial charge in [0.05, 0.1) is 4.92 Å². The minimum Gasteiger partial charge on any atom is -0.268 e. The van der Waals surface area contributed by atoms with Crippen LogP contribution in [0.3, 0.4) is 0 Å². The quantitative estimate of drug-likeness (QED) is 0.510. The van der Waals surface area contributed by atoms with E-state index in [0.717, 1.165) is 0 Å². The van der Waals surface area contributed by atoms with Crippen molar-refractivity contribution in [1.82, 2.24) is 10.9 Å². The van der Waals surface area contributed by atoms with E-state index in [4.69, 9.17) is 0 Å². The molecule has 0 bridgehead atoms. The molecule has 0 spiro atoms. The van der Waals surface area contributed by atoms with Crippen LogP contribution in [0.4, 0.5) is 10.1 Å². The molecule has 2 aromatic rings. The van der Waals surface area contributed by atoms with Crippen molar-refractivity contribution in [1.29, 1.82) is 0 Å². The first kappa shape index (κ1) is 16.8. The molecule has 2 amide bonds. The van der Waals surface area contributed by atoms with Gasteiger partial charge in [0.2, 0.25) is 0 Å². The number of nitrogens with one attached hydrogen (secondary N) is 2. The molecule has 2 aromatic carbocycles. The number of amides is 2. The number of halogens is 1. The molecule has 0 aliphatic rings. The average molecular weight is 329 g/mol. The van der Waals surface area contributed by atoms with Gasteiger partial charge >= 0.3 is 0 Å². The van der Waals surface area contributed by atoms with Crippen molar-refractivity contribution in [3.05, 3.63) is 81.7 Å². The first-order valence-electron chi connectivity index (χ1n) is 6.74. The molecule has 0 radical (unpaired) electrons. The number of nitro groups is 1. The fraction of sp³-hybridized carbons (Fsp3) is 0. The number of nitro benzene ring substituents is 1. The standard InChI is InChI=1S/C16H12FN3O4/c17-13-6-1-11(2-7-13)3-10-15(21)18-19-16(22)12-4-8-14(9-5-12)20(23)24/h1-10H,(H,18,21)(H,19,22). The first-order chi connectivity index (χ1) is 11.5. The van der Waals surface area contributed by atoms with Gasteiger partial charge in [0.15, 0.2) is 0 Å². The molecule has 0 saturated carbocycles. The Kier molecular flexibility index (Phi) is 5.35. The first-order valence-corrected chi connectivity index (χ1v) is 6.74. The van der Waals surface area contributed by atoms with E-state index in [1.807, 2.05) is 0 Å². The highest BCUT2D eigenvalue weighted by Crippen LogP contribution is 2.11. The topological polar surface area (TPSA) is 101 Å². The van der Waals surface area contributed by atoms with Crippen LogP contribution in [0.1, 0.15) is 15.9 Å². The van der Waals surface area contributed by atoms with Crippen LogP contribution in [0.5, 0.6) is 0 Å². The monoisotopic (exact) mass is 329 g/mol. The number of hydrazine groups is 1. The van der Waals surface area contributed by atoms with Crippen molar-refractivity contribution < 1.29 is 18.9 Å². The molecule has 122 valence electrons. The average Bonchev–Trinajstić information content (AvgIpc) is 2.59. The third-order valence-corrected chi connectivity index (χ3v) is 2.94. The summed E-state index contributed by atoms with van der Waals surface area (Å²) in [7, 11) is 0. The predicted octanol–water partition coefficient (Wildman–Crippen LogP) is 2.21. The van der Waals surface area contributed by atoms with Gasteiger partial charge in [0, 0.05) is 23.8 Å². The number of hydrogen-bond acceptors (Lipinski definition) is 4. The van der Waals surface area contributed by atoms with Gasteiger partial charge < -0.3 is 0 Å². The minimum atomic E-state index is -0.617. The molecule has 0 fully saturated rings. The molecule has 8 heteroatoms. The maximum atomic E-state index is 12.7. The highest BCUT2D eigenvalue weighted by molar-refractivity contribution is 5.98. The maximum Gasteiger partial charge on any atom is 0.269 e. The lowest BCUT2D eigenvalue weighted by atomic mass is 10.2. The van der Waals surface area contributed by atoms with Gasteiger partial charge in [0.25, 0.3) is 17.5 Å². The van der Waals surface area contributed by atoms with Crippen molar-refractivity contribution in [3.63, 3.8) is 0 Å². The summed E-state index contributed by atoms with van der Waals surface area (Å²) < 4.78 is 12.7. The second-order valence-corrected chi connectivity index (χ2v) is 4.63. The van der Waals surface area contributed by atoms with Gasteiger partial charge in [-0.3, -0.25) is 30.6 Å². The van der Waals surface area contributed by atoms with Gasteiger partial charge in [-0.1, -0.05) is 12.1 Å². The second kappa shape index (κ2) is 7.63. The van der Waals surface area contributed by atoms with Crippen molar-refractivity contribution in [2.75, 3.05) is 0 Å². The van der Waals surface area contributed by atoms with Gasteiger partial charge in [-0.15, -0.1) is 0 Å². The van der Waals surface area contributed by atoms with E-state index in [9.17, 15) is 24.1 Å². The number of nitrogens with zero attached hydrogens (tertiary/aromatic N) is 1. The van der Waals surface area contributed by atoms with E-state index in [1.54, 1.807) is 0 Å². The predicted molar refractivity (Wildman–Crippen MR) is 84.1 cm³/mol. The van der Waals surface area contributed by atoms with Crippen LogP contribution in [0.25, 0.3) is 6.08 Å². The Hall–Kier alpha value is -3.55. The fourth-order valence-electron chi connectivity index (χ4n) is 1.71. The summed E-state index contributed by atoms with van der Waals surface area (Å²) in [6.07, 6.45) is 2.62. The Morgan fingerprint density at radius 1 is 1.00 bits per heavy atom. The van der Waals surface area contributed by atoms with Crippen LogP contribution in [-0.4, -0.2) is 16.7 Å². The summed E-state index contributed by atoms with van der Waals surface area (Å²) in [4.78, 5) is 33.3. The van der Waals surface area contributed by atoms with Crippen LogP contribution in [-0.2, 0) is 4.79 Å². The van der Waals surface area contributed by atoms with Crippen LogP contribution in [0.2, 0.25) is 0 Å². The lowest BCUT2D eigenvalue weighted by Crippen LogP contribution is -2.40. The van der Waals surface area contributed by atoms with Gasteiger partial charge in [0.1, 0.15) is 5.82 Å². The molecule has 0 aromatic heterocycles. The Morgan fingerprint density at radius 2 is 1.62 bits per heavy atom. The van der Waals surface area contributed by atoms with Gasteiger partial charge in [-0.2, -0.15) is 0 Å². The van der Waals surface area contributed by atoms with Crippen molar-refractivity contribution in [2.24, 2.45) is 0 Å². The summed E-state index contributed by atoms with van der Waals surface area (Å²) in [5.41, 5.74) is 4.97. The third kappa shape index (κ3) is 4.73. The highest BCUT2D eigenvalue weighted by atomic mass is 19.1. The number of rotatable bonds is 4. The SMILES string of the molecule is O=C(C=Cc1ccc(F)cc1)NNC(=O)c1ccc([N+](=O)[O-])cc1. The van der Waals surface area contributed by atoms with E-state index in [-0.39, 0.29) is 17.1 Å². The van der Waals surface area contributed by atoms with E-state index >= 15 is 0 Å². The molecule has 0 unspecified atom stereocenters. The zero-order valence-corrected chi connectivity index (χ0v) is 12.2. The van der Waals surface area contributed by atoms with Crippen molar-refractivity contribution in [2.45, 2.75) is 0 Å². The zero-order valence-electron chi connectivity index (χ0n) is 12.2. The Balaban J connectivity index is 1.87. The van der Waals surface area contributed by atoms with Gasteiger partial charge in [-0.05, 0) is 35.9 Å². The number of carbonyl (C=O) groups excluding carboxylic acids is 2. The molecule has 0 atom stereocenters. The molecule has 7 nitrogen and oxygen atoms in total. The zero-order chi connectivity index (χ0) is 17.5. The molecular weight excluding hydrogens is 317 g/mol. The summed E-state index contributed by atoms with van der Waals surface area (Å²) >= 11 is 0. The minimum absolute atomic E-state index is 0.141. The summed E-state index contributed by atoms with van der Waals surface area (Å²) in [5.74, 6) is -1.59. The number of carbonyl (C=O) groups is 2. The summed E-state index contributed by atoms with van der Waals surface area (Å²) in [6, 6.07) is 10.4. The van der Waals surface area contributed by atoms with E-state index in [1.165, 1.54) is 60.7 Å². The highest BCUT2D eigenvalue weighted by Gasteiger charge is 2.09. The largest absolute Gasteiger partial charge is 0.269 e. The van der Waals surface area contributed by atoms with Crippen LogP contribution in [0.15, 0.2) is 54.6 Å². The number of hydrogen-bond donors (Lipinski definition) is 2. The molecule has 0 aliphatic heterocycles. The Bertz CT molecular complexity index is 786. The van der Waals surface area contributed by atoms with Crippen LogP contribution < -0.4 is 10.9 Å². The Morgan fingerprint density at radius 3 is 2.21 bits per heavy atom. The molecule has 2 rings (SSSR count). The summed E-state index contributed by atoms with van der Waals surface area (Å²) in [5, 5.41) is 10.5. The molecule has 0 aliphatic carbocycles. The van der Waals surface area contributed by atoms with E-state index in [0.29, 0.717) is 5.56 Å². The maximum absolute atomic E-state index is 12.7. The lowest BCUT2D eigenvalue weighted by molar-refractivity contribution is -0.384. The van der Waals surface area contributed by atoms with Crippen molar-refractivity contribution >= 4 is 23.6 Å². The fourth-order valence-corrected chi connectivity index (χ4v) is 1.71. The van der Waals surface area contributed by atoms with E-state index < -0.39 is 16.7 Å². The van der Waals surface area contributed by atoms with Gasteiger partial charge in [-0.25, -0.2) is 4.39 Å². The number of non-ortho nitro benzene ring substituents is 1. The lowest BCUT2D eigenvalue weighted by Gasteiger charge is -2.05. The molecule has 24 heavy (non-hydrogen) atoms. The molecular formula is C16H12FN3O4. The third-order valence-electron chi connectivity index (χ3n) is 2.94. The summed E-state index contributed by atoms with van der Waals surface area (Å²) in [6.45, 7) is 0. The normalized spacial score (nSPS) is 10.4. The second-order valence-electron chi connectivity index (χ2n) is 4.63. The molecule has 2 N–H and O–H groups in total. The van der Waals surface area contributed by atoms with Crippen molar-refractivity contribution in [3.8, 4) is 0 Å². The van der Waals surface area contributed by atoms with E-state index in [2.05, 4.69) is 10.9 Å². The molecule has 0 saturated heterocycles.